The second-order valence-electron chi connectivity index (χ2n) is 5.35. The van der Waals surface area contributed by atoms with Gasteiger partial charge >= 0.3 is 0 Å². The number of nitrogens with two attached hydrogens (primary N) is 1. The van der Waals surface area contributed by atoms with Crippen LogP contribution in [0.4, 0.5) is 5.82 Å². The van der Waals surface area contributed by atoms with Crippen molar-refractivity contribution in [2.24, 2.45) is 11.7 Å². The van der Waals surface area contributed by atoms with Crippen molar-refractivity contribution < 1.29 is 0 Å². The van der Waals surface area contributed by atoms with Crippen molar-refractivity contribution in [3.05, 3.63) is 35.9 Å². The zero-order valence-corrected chi connectivity index (χ0v) is 11.4. The van der Waals surface area contributed by atoms with Crippen molar-refractivity contribution in [1.82, 2.24) is 4.98 Å². The van der Waals surface area contributed by atoms with Gasteiger partial charge in [-0.25, -0.2) is 4.98 Å². The fraction of sp³-hybridized carbons (Fsp3) is 0.375. The summed E-state index contributed by atoms with van der Waals surface area (Å²) >= 11 is 0. The molecule has 0 amide bonds. The van der Waals surface area contributed by atoms with E-state index in [1.54, 1.807) is 0 Å². The molecule has 0 bridgehead atoms. The zero-order valence-electron chi connectivity index (χ0n) is 11.4. The predicted octanol–water partition coefficient (Wildman–Crippen LogP) is 2.28. The summed E-state index contributed by atoms with van der Waals surface area (Å²) in [7, 11) is 0. The summed E-state index contributed by atoms with van der Waals surface area (Å²) < 4.78 is 0. The summed E-state index contributed by atoms with van der Waals surface area (Å²) in [5.41, 5.74) is 7.37. The molecule has 0 saturated carbocycles. The normalized spacial score (nSPS) is 19.0. The van der Waals surface area contributed by atoms with E-state index in [1.807, 2.05) is 30.3 Å². The molecule has 4 heteroatoms. The first-order chi connectivity index (χ1) is 9.81. The highest BCUT2D eigenvalue weighted by Gasteiger charge is 2.20. The van der Waals surface area contributed by atoms with E-state index >= 15 is 0 Å². The molecule has 1 fully saturated rings. The largest absolute Gasteiger partial charge is 0.356 e. The number of pyridine rings is 1. The Balaban J connectivity index is 2.01. The summed E-state index contributed by atoms with van der Waals surface area (Å²) in [4.78, 5) is 6.97. The molecule has 1 aromatic carbocycles. The van der Waals surface area contributed by atoms with E-state index in [0.717, 1.165) is 42.8 Å². The van der Waals surface area contributed by atoms with Gasteiger partial charge in [0.05, 0.1) is 17.1 Å². The van der Waals surface area contributed by atoms with E-state index < -0.39 is 0 Å². The number of hydrogen-bond acceptors (Lipinski definition) is 4. The van der Waals surface area contributed by atoms with Crippen LogP contribution in [0.5, 0.6) is 0 Å². The number of benzene rings is 1. The van der Waals surface area contributed by atoms with Crippen molar-refractivity contribution in [2.45, 2.75) is 12.8 Å². The first-order valence-corrected chi connectivity index (χ1v) is 7.06. The minimum absolute atomic E-state index is 0.530. The van der Waals surface area contributed by atoms with Gasteiger partial charge in [-0.1, -0.05) is 18.2 Å². The molecule has 4 nitrogen and oxygen atoms in total. The lowest BCUT2D eigenvalue weighted by atomic mass is 9.98. The standard InChI is InChI=1S/C16H18N4/c17-9-12-4-3-7-20(11-12)16-8-13(10-18)14-5-1-2-6-15(14)19-16/h1-2,5-6,8,12H,3-4,7,9,11,17H2. The third kappa shape index (κ3) is 2.33. The van der Waals surface area contributed by atoms with Gasteiger partial charge in [-0.2, -0.15) is 5.26 Å². The Hall–Kier alpha value is -2.12. The number of anilines is 1. The van der Waals surface area contributed by atoms with E-state index in [2.05, 4.69) is 11.0 Å². The van der Waals surface area contributed by atoms with Crippen molar-refractivity contribution in [3.63, 3.8) is 0 Å². The van der Waals surface area contributed by atoms with Crippen LogP contribution in [0.15, 0.2) is 30.3 Å². The average Bonchev–Trinajstić information content (AvgIpc) is 2.53. The lowest BCUT2D eigenvalue weighted by Gasteiger charge is -2.33. The summed E-state index contributed by atoms with van der Waals surface area (Å²) in [5.74, 6) is 1.43. The Labute approximate surface area is 118 Å². The first-order valence-electron chi connectivity index (χ1n) is 7.06. The van der Waals surface area contributed by atoms with Crippen LogP contribution in [-0.4, -0.2) is 24.6 Å². The van der Waals surface area contributed by atoms with Crippen LogP contribution < -0.4 is 10.6 Å². The maximum Gasteiger partial charge on any atom is 0.130 e. The van der Waals surface area contributed by atoms with Crippen LogP contribution in [0.1, 0.15) is 18.4 Å². The highest BCUT2D eigenvalue weighted by Crippen LogP contribution is 2.26. The summed E-state index contributed by atoms with van der Waals surface area (Å²) in [6, 6.07) is 12.0. The minimum atomic E-state index is 0.530. The number of nitrogens with zero attached hydrogens (tertiary/aromatic N) is 3. The minimum Gasteiger partial charge on any atom is -0.356 e. The highest BCUT2D eigenvalue weighted by atomic mass is 15.2. The monoisotopic (exact) mass is 266 g/mol. The Morgan fingerprint density at radius 1 is 1.40 bits per heavy atom. The van der Waals surface area contributed by atoms with Crippen molar-refractivity contribution >= 4 is 16.7 Å². The van der Waals surface area contributed by atoms with Gasteiger partial charge in [0.2, 0.25) is 0 Å². The maximum absolute atomic E-state index is 9.34. The lowest BCUT2D eigenvalue weighted by molar-refractivity contribution is 0.422. The Bertz CT molecular complexity index is 659. The van der Waals surface area contributed by atoms with Gasteiger partial charge in [-0.3, -0.25) is 0 Å². The quantitative estimate of drug-likeness (QED) is 0.905. The topological polar surface area (TPSA) is 65.9 Å². The van der Waals surface area contributed by atoms with E-state index in [9.17, 15) is 5.26 Å². The molecule has 1 atom stereocenters. The molecule has 2 heterocycles. The van der Waals surface area contributed by atoms with Crippen molar-refractivity contribution in [1.29, 1.82) is 5.26 Å². The van der Waals surface area contributed by atoms with E-state index in [0.29, 0.717) is 11.5 Å². The smallest absolute Gasteiger partial charge is 0.130 e. The zero-order chi connectivity index (χ0) is 13.9. The first kappa shape index (κ1) is 12.9. The van der Waals surface area contributed by atoms with E-state index in [-0.39, 0.29) is 0 Å². The summed E-state index contributed by atoms with van der Waals surface area (Å²) in [6.07, 6.45) is 2.32. The van der Waals surface area contributed by atoms with Gasteiger partial charge in [-0.15, -0.1) is 0 Å². The molecular weight excluding hydrogens is 248 g/mol. The van der Waals surface area contributed by atoms with Crippen LogP contribution >= 0.6 is 0 Å². The highest BCUT2D eigenvalue weighted by molar-refractivity contribution is 5.86. The molecule has 1 aliphatic heterocycles. The number of piperidine rings is 1. The fourth-order valence-electron chi connectivity index (χ4n) is 2.88. The van der Waals surface area contributed by atoms with Crippen LogP contribution in [0, 0.1) is 17.2 Å². The Kier molecular flexibility index (Phi) is 3.53. The molecule has 3 rings (SSSR count). The van der Waals surface area contributed by atoms with E-state index in [4.69, 9.17) is 10.7 Å². The Morgan fingerprint density at radius 3 is 3.05 bits per heavy atom. The molecule has 2 aromatic rings. The van der Waals surface area contributed by atoms with Gasteiger partial charge in [-0.05, 0) is 37.4 Å². The number of para-hydroxylation sites is 1. The molecular formula is C16H18N4. The van der Waals surface area contributed by atoms with Gasteiger partial charge in [0.15, 0.2) is 0 Å². The second-order valence-corrected chi connectivity index (χ2v) is 5.35. The molecule has 0 spiro atoms. The van der Waals surface area contributed by atoms with Crippen molar-refractivity contribution in [2.75, 3.05) is 24.5 Å². The molecule has 0 radical (unpaired) electrons. The molecule has 1 unspecified atom stereocenters. The predicted molar refractivity (Wildman–Crippen MR) is 80.4 cm³/mol. The molecule has 0 aliphatic carbocycles. The third-order valence-corrected chi connectivity index (χ3v) is 4.00. The van der Waals surface area contributed by atoms with E-state index in [1.165, 1.54) is 6.42 Å². The second kappa shape index (κ2) is 5.48. The molecule has 102 valence electrons. The lowest BCUT2D eigenvalue weighted by Crippen LogP contribution is -2.38. The fourth-order valence-corrected chi connectivity index (χ4v) is 2.88. The molecule has 1 aliphatic rings. The van der Waals surface area contributed by atoms with Gasteiger partial charge in [0.25, 0.3) is 0 Å². The molecule has 2 N–H and O–H groups in total. The molecule has 20 heavy (non-hydrogen) atoms. The van der Waals surface area contributed by atoms with Crippen LogP contribution in [0.25, 0.3) is 10.9 Å². The van der Waals surface area contributed by atoms with Gasteiger partial charge in [0, 0.05) is 18.5 Å². The number of aromatic nitrogens is 1. The Morgan fingerprint density at radius 2 is 2.25 bits per heavy atom. The number of nitriles is 1. The molecule has 1 aromatic heterocycles. The van der Waals surface area contributed by atoms with Gasteiger partial charge < -0.3 is 10.6 Å². The average molecular weight is 266 g/mol. The number of hydrogen-bond donors (Lipinski definition) is 1. The van der Waals surface area contributed by atoms with Crippen LogP contribution in [0.3, 0.4) is 0 Å². The number of rotatable bonds is 2. The van der Waals surface area contributed by atoms with Crippen LogP contribution in [0.2, 0.25) is 0 Å². The summed E-state index contributed by atoms with van der Waals surface area (Å²) in [5, 5.41) is 10.3. The number of fused-ring (bicyclic) bond motifs is 1. The maximum atomic E-state index is 9.34. The molecule has 1 saturated heterocycles. The SMILES string of the molecule is N#Cc1cc(N2CCCC(CN)C2)nc2ccccc12. The summed E-state index contributed by atoms with van der Waals surface area (Å²) in [6.45, 7) is 2.65. The van der Waals surface area contributed by atoms with Gasteiger partial charge in [0.1, 0.15) is 5.82 Å². The third-order valence-electron chi connectivity index (χ3n) is 4.00. The van der Waals surface area contributed by atoms with Crippen molar-refractivity contribution in [3.8, 4) is 6.07 Å². The van der Waals surface area contributed by atoms with Crippen LogP contribution in [-0.2, 0) is 0 Å².